The molecule has 0 bridgehead atoms. The Labute approximate surface area is 118 Å². The van der Waals surface area contributed by atoms with Crippen LogP contribution in [0.5, 0.6) is 0 Å². The summed E-state index contributed by atoms with van der Waals surface area (Å²) in [6, 6.07) is 3.37. The fourth-order valence-corrected chi connectivity index (χ4v) is 1.99. The number of anilines is 1. The quantitative estimate of drug-likeness (QED) is 0.824. The first-order valence-electron chi connectivity index (χ1n) is 6.79. The van der Waals surface area contributed by atoms with Crippen LogP contribution in [0.15, 0.2) is 18.3 Å². The highest BCUT2D eigenvalue weighted by Crippen LogP contribution is 2.17. The van der Waals surface area contributed by atoms with Gasteiger partial charge in [0.05, 0.1) is 18.4 Å². The molecule has 6 heteroatoms. The number of nitrogens with zero attached hydrogens (tertiary/aromatic N) is 3. The Hall–Kier alpha value is -2.11. The Morgan fingerprint density at radius 1 is 1.50 bits per heavy atom. The van der Waals surface area contributed by atoms with Gasteiger partial charge in [-0.1, -0.05) is 13.3 Å². The highest BCUT2D eigenvalue weighted by molar-refractivity contribution is 5.93. The fourth-order valence-electron chi connectivity index (χ4n) is 1.99. The van der Waals surface area contributed by atoms with Crippen molar-refractivity contribution in [2.24, 2.45) is 0 Å². The number of aromatic nitrogens is 1. The second-order valence-corrected chi connectivity index (χ2v) is 4.75. The second-order valence-electron chi connectivity index (χ2n) is 4.75. The van der Waals surface area contributed by atoms with Crippen LogP contribution < -0.4 is 4.90 Å². The van der Waals surface area contributed by atoms with Gasteiger partial charge >= 0.3 is 6.09 Å². The first kappa shape index (κ1) is 14.3. The maximum atomic E-state index is 12.1. The van der Waals surface area contributed by atoms with Gasteiger partial charge in [-0.15, -0.1) is 0 Å². The molecule has 2 heterocycles. The molecular formula is C14H19N3O3. The number of carbonyl (C=O) groups excluding carboxylic acids is 2. The van der Waals surface area contributed by atoms with Gasteiger partial charge in [-0.3, -0.25) is 9.69 Å². The van der Waals surface area contributed by atoms with Gasteiger partial charge in [0.1, 0.15) is 12.3 Å². The highest BCUT2D eigenvalue weighted by atomic mass is 16.6. The number of rotatable bonds is 5. The standard InChI is InChI=1S/C14H19N3O3/c1-3-4-7-16(2)13(18)12-6-5-11(10-15-12)17-8-9-20-14(17)19/h5-6,10H,3-4,7-9H2,1-2H3. The van der Waals surface area contributed by atoms with Crippen molar-refractivity contribution in [2.45, 2.75) is 19.8 Å². The van der Waals surface area contributed by atoms with Gasteiger partial charge in [0.2, 0.25) is 0 Å². The molecule has 0 unspecified atom stereocenters. The van der Waals surface area contributed by atoms with E-state index in [1.807, 2.05) is 0 Å². The SMILES string of the molecule is CCCCN(C)C(=O)c1ccc(N2CCOC2=O)cn1. The summed E-state index contributed by atoms with van der Waals surface area (Å²) in [5, 5.41) is 0. The maximum Gasteiger partial charge on any atom is 0.414 e. The third-order valence-electron chi connectivity index (χ3n) is 3.23. The van der Waals surface area contributed by atoms with E-state index < -0.39 is 0 Å². The molecule has 1 aliphatic heterocycles. The molecule has 0 saturated carbocycles. The van der Waals surface area contributed by atoms with E-state index in [0.717, 1.165) is 19.4 Å². The van der Waals surface area contributed by atoms with Crippen molar-refractivity contribution in [3.8, 4) is 0 Å². The zero-order chi connectivity index (χ0) is 14.5. The number of carbonyl (C=O) groups is 2. The topological polar surface area (TPSA) is 62.7 Å². The molecule has 0 spiro atoms. The first-order valence-corrected chi connectivity index (χ1v) is 6.79. The molecule has 0 atom stereocenters. The summed E-state index contributed by atoms with van der Waals surface area (Å²) in [5.41, 5.74) is 1.04. The zero-order valence-electron chi connectivity index (χ0n) is 11.8. The van der Waals surface area contributed by atoms with Crippen LogP contribution in [0.4, 0.5) is 10.5 Å². The van der Waals surface area contributed by atoms with Crippen LogP contribution in [0.25, 0.3) is 0 Å². The summed E-state index contributed by atoms with van der Waals surface area (Å²) < 4.78 is 4.86. The summed E-state index contributed by atoms with van der Waals surface area (Å²) in [4.78, 5) is 30.8. The van der Waals surface area contributed by atoms with Gasteiger partial charge < -0.3 is 9.64 Å². The Balaban J connectivity index is 2.04. The van der Waals surface area contributed by atoms with E-state index >= 15 is 0 Å². The van der Waals surface area contributed by atoms with Crippen LogP contribution >= 0.6 is 0 Å². The van der Waals surface area contributed by atoms with E-state index in [1.54, 1.807) is 24.1 Å². The number of hydrogen-bond acceptors (Lipinski definition) is 4. The third-order valence-corrected chi connectivity index (χ3v) is 3.23. The van der Waals surface area contributed by atoms with Crippen LogP contribution in [-0.2, 0) is 4.74 Å². The molecule has 0 radical (unpaired) electrons. The first-order chi connectivity index (χ1) is 9.63. The number of unbranched alkanes of at least 4 members (excludes halogenated alkanes) is 1. The predicted molar refractivity (Wildman–Crippen MR) is 74.8 cm³/mol. The number of pyridine rings is 1. The molecule has 6 nitrogen and oxygen atoms in total. The third kappa shape index (κ3) is 3.07. The predicted octanol–water partition coefficient (Wildman–Crippen LogP) is 1.91. The lowest BCUT2D eigenvalue weighted by Crippen LogP contribution is -2.29. The van der Waals surface area contributed by atoms with E-state index in [9.17, 15) is 9.59 Å². The van der Waals surface area contributed by atoms with Gasteiger partial charge in [0, 0.05) is 13.6 Å². The van der Waals surface area contributed by atoms with Crippen LogP contribution in [0, 0.1) is 0 Å². The Kier molecular flexibility index (Phi) is 4.55. The van der Waals surface area contributed by atoms with E-state index in [-0.39, 0.29) is 12.0 Å². The molecule has 2 rings (SSSR count). The molecule has 1 fully saturated rings. The van der Waals surface area contributed by atoms with Crippen molar-refractivity contribution in [2.75, 3.05) is 31.6 Å². The number of amides is 2. The maximum absolute atomic E-state index is 12.1. The molecule has 0 N–H and O–H groups in total. The van der Waals surface area contributed by atoms with Gasteiger partial charge in [0.15, 0.2) is 0 Å². The summed E-state index contributed by atoms with van der Waals surface area (Å²) in [6.45, 7) is 3.71. The van der Waals surface area contributed by atoms with Gasteiger partial charge in [-0.2, -0.15) is 0 Å². The van der Waals surface area contributed by atoms with Crippen molar-refractivity contribution in [3.63, 3.8) is 0 Å². The summed E-state index contributed by atoms with van der Waals surface area (Å²) in [6.07, 6.45) is 3.18. The minimum atomic E-state index is -0.369. The molecule has 1 aromatic heterocycles. The van der Waals surface area contributed by atoms with Gasteiger partial charge in [0.25, 0.3) is 5.91 Å². The molecule has 2 amide bonds. The monoisotopic (exact) mass is 277 g/mol. The van der Waals surface area contributed by atoms with Crippen molar-refractivity contribution < 1.29 is 14.3 Å². The fraction of sp³-hybridized carbons (Fsp3) is 0.500. The van der Waals surface area contributed by atoms with Crippen LogP contribution in [0.1, 0.15) is 30.3 Å². The molecule has 108 valence electrons. The summed E-state index contributed by atoms with van der Waals surface area (Å²) >= 11 is 0. The number of cyclic esters (lactones) is 1. The lowest BCUT2D eigenvalue weighted by molar-refractivity contribution is 0.0787. The van der Waals surface area contributed by atoms with Gasteiger partial charge in [-0.05, 0) is 18.6 Å². The minimum Gasteiger partial charge on any atom is -0.447 e. The van der Waals surface area contributed by atoms with E-state index in [0.29, 0.717) is 24.5 Å². The number of ether oxygens (including phenoxy) is 1. The van der Waals surface area contributed by atoms with Crippen molar-refractivity contribution in [3.05, 3.63) is 24.0 Å². The molecule has 0 aromatic carbocycles. The van der Waals surface area contributed by atoms with Crippen molar-refractivity contribution in [1.29, 1.82) is 0 Å². The second kappa shape index (κ2) is 6.36. The Bertz CT molecular complexity index is 487. The Morgan fingerprint density at radius 2 is 2.30 bits per heavy atom. The van der Waals surface area contributed by atoms with Crippen LogP contribution in [0.3, 0.4) is 0 Å². The average molecular weight is 277 g/mol. The van der Waals surface area contributed by atoms with Crippen molar-refractivity contribution in [1.82, 2.24) is 9.88 Å². The van der Waals surface area contributed by atoms with Crippen LogP contribution in [-0.4, -0.2) is 48.6 Å². The molecule has 20 heavy (non-hydrogen) atoms. The largest absolute Gasteiger partial charge is 0.447 e. The van der Waals surface area contributed by atoms with E-state index in [2.05, 4.69) is 11.9 Å². The highest BCUT2D eigenvalue weighted by Gasteiger charge is 2.24. The zero-order valence-corrected chi connectivity index (χ0v) is 11.8. The van der Waals surface area contributed by atoms with Crippen LogP contribution in [0.2, 0.25) is 0 Å². The minimum absolute atomic E-state index is 0.103. The van der Waals surface area contributed by atoms with Crippen molar-refractivity contribution >= 4 is 17.7 Å². The molecule has 0 aliphatic carbocycles. The van der Waals surface area contributed by atoms with Gasteiger partial charge in [-0.25, -0.2) is 9.78 Å². The molecule has 1 saturated heterocycles. The molecule has 1 aromatic rings. The van der Waals surface area contributed by atoms with E-state index in [4.69, 9.17) is 4.74 Å². The lowest BCUT2D eigenvalue weighted by atomic mass is 10.2. The smallest absolute Gasteiger partial charge is 0.414 e. The average Bonchev–Trinajstić information content (AvgIpc) is 2.90. The molecule has 1 aliphatic rings. The Morgan fingerprint density at radius 3 is 2.85 bits per heavy atom. The lowest BCUT2D eigenvalue weighted by Gasteiger charge is -2.17. The summed E-state index contributed by atoms with van der Waals surface area (Å²) in [5.74, 6) is -0.103. The van der Waals surface area contributed by atoms with E-state index in [1.165, 1.54) is 11.1 Å². The normalized spacial score (nSPS) is 14.3. The number of hydrogen-bond donors (Lipinski definition) is 0. The molecular weight excluding hydrogens is 258 g/mol. The summed E-state index contributed by atoms with van der Waals surface area (Å²) in [7, 11) is 1.77.